The molecule has 0 aromatic rings. The monoisotopic (exact) mass is 846 g/mol. The average Bonchev–Trinajstić information content (AvgIpc) is 3.17. The van der Waals surface area contributed by atoms with Crippen LogP contribution in [0.3, 0.4) is 0 Å². The Morgan fingerprint density at radius 1 is 0.542 bits per heavy atom. The van der Waals surface area contributed by atoms with E-state index in [1.54, 1.807) is 20.8 Å². The van der Waals surface area contributed by atoms with Gasteiger partial charge in [-0.25, -0.2) is 0 Å². The van der Waals surface area contributed by atoms with Crippen LogP contribution >= 0.6 is 0 Å². The molecule has 0 aromatic heterocycles. The van der Waals surface area contributed by atoms with E-state index >= 15 is 0 Å². The first-order valence-corrected chi connectivity index (χ1v) is 20.9. The highest BCUT2D eigenvalue weighted by Crippen LogP contribution is 2.17. The number of ether oxygens (including phenoxy) is 6. The van der Waals surface area contributed by atoms with Crippen LogP contribution in [0.2, 0.25) is 0 Å². The van der Waals surface area contributed by atoms with Crippen LogP contribution in [0.4, 0.5) is 0 Å². The third kappa shape index (κ3) is 30.3. The number of esters is 3. The van der Waals surface area contributed by atoms with Gasteiger partial charge in [0.05, 0.1) is 45.9 Å². The van der Waals surface area contributed by atoms with Crippen molar-refractivity contribution < 1.29 is 62.3 Å². The van der Waals surface area contributed by atoms with Crippen molar-refractivity contribution >= 4 is 35.7 Å². The van der Waals surface area contributed by atoms with Crippen LogP contribution in [0, 0.1) is 0 Å². The second kappa shape index (κ2) is 28.2. The normalized spacial score (nSPS) is 15.6. The van der Waals surface area contributed by atoms with Gasteiger partial charge in [-0.3, -0.25) is 43.5 Å². The van der Waals surface area contributed by atoms with Gasteiger partial charge in [-0.15, -0.1) is 0 Å². The molecule has 1 aliphatic heterocycles. The van der Waals surface area contributed by atoms with Gasteiger partial charge in [0.15, 0.2) is 0 Å². The first-order chi connectivity index (χ1) is 27.5. The zero-order chi connectivity index (χ0) is 44.5. The number of rotatable bonds is 26. The topological polar surface area (TPSA) is 212 Å². The van der Waals surface area contributed by atoms with Gasteiger partial charge in [-0.1, -0.05) is 0 Å². The molecular weight excluding hydrogens is 770 g/mol. The van der Waals surface area contributed by atoms with Crippen molar-refractivity contribution in [3.05, 3.63) is 0 Å². The van der Waals surface area contributed by atoms with Crippen LogP contribution in [-0.4, -0.2) is 183 Å². The van der Waals surface area contributed by atoms with Crippen molar-refractivity contribution in [1.82, 2.24) is 25.3 Å². The van der Waals surface area contributed by atoms with Gasteiger partial charge in [0, 0.05) is 78.4 Å². The summed E-state index contributed by atoms with van der Waals surface area (Å²) in [5.41, 5.74) is -2.04. The Bertz CT molecular complexity index is 1240. The van der Waals surface area contributed by atoms with Crippen molar-refractivity contribution in [3.8, 4) is 0 Å². The molecule has 1 fully saturated rings. The number of carbonyl (C=O) groups is 6. The first-order valence-electron chi connectivity index (χ1n) is 20.9. The Kier molecular flexibility index (Phi) is 25.6. The molecule has 0 aliphatic carbocycles. The maximum atomic E-state index is 13.7. The fourth-order valence-corrected chi connectivity index (χ4v) is 5.73. The van der Waals surface area contributed by atoms with Gasteiger partial charge < -0.3 is 44.2 Å². The summed E-state index contributed by atoms with van der Waals surface area (Å²) in [5.74, 6) is -2.68. The predicted molar refractivity (Wildman–Crippen MR) is 220 cm³/mol. The molecule has 0 bridgehead atoms. The summed E-state index contributed by atoms with van der Waals surface area (Å²) in [6.45, 7) is 22.3. The Morgan fingerprint density at radius 2 is 0.932 bits per heavy atom. The summed E-state index contributed by atoms with van der Waals surface area (Å²) in [6, 6.07) is -0.747. The molecule has 18 heteroatoms. The van der Waals surface area contributed by atoms with Crippen molar-refractivity contribution in [2.24, 2.45) is 0 Å². The van der Waals surface area contributed by atoms with Crippen LogP contribution in [0.5, 0.6) is 0 Å². The molecule has 0 saturated carbocycles. The number of nitrogens with zero attached hydrogens (tertiary/aromatic N) is 3. The lowest BCUT2D eigenvalue weighted by Crippen LogP contribution is -2.49. The van der Waals surface area contributed by atoms with Gasteiger partial charge in [-0.2, -0.15) is 0 Å². The third-order valence-corrected chi connectivity index (χ3v) is 8.33. The number of aliphatic carboxylic acids is 1. The lowest BCUT2D eigenvalue weighted by Gasteiger charge is -2.33. The highest BCUT2D eigenvalue weighted by molar-refractivity contribution is 5.80. The SMILES string of the molecule is CC(C)(C)OC(=O)CN1CCN(CC(=O)OC(C)(C)C)CCN(C(CCC(=O)NCCCOCCOCCOCCCNC(=O)CCC(=O)O)C(=O)OC(C)(C)C)CC1. The molecule has 1 heterocycles. The Balaban J connectivity index is 2.63. The summed E-state index contributed by atoms with van der Waals surface area (Å²) < 4.78 is 33.6. The van der Waals surface area contributed by atoms with Crippen molar-refractivity contribution in [3.63, 3.8) is 0 Å². The van der Waals surface area contributed by atoms with E-state index in [4.69, 9.17) is 33.5 Å². The van der Waals surface area contributed by atoms with E-state index < -0.39 is 34.8 Å². The Labute approximate surface area is 351 Å². The number of amides is 2. The molecule has 1 unspecified atom stereocenters. The molecule has 1 atom stereocenters. The highest BCUT2D eigenvalue weighted by Gasteiger charge is 2.33. The molecule has 0 aromatic carbocycles. The average molecular weight is 846 g/mol. The van der Waals surface area contributed by atoms with Gasteiger partial charge >= 0.3 is 23.9 Å². The third-order valence-electron chi connectivity index (χ3n) is 8.33. The van der Waals surface area contributed by atoms with Crippen molar-refractivity contribution in [2.45, 2.75) is 124 Å². The van der Waals surface area contributed by atoms with E-state index in [1.807, 2.05) is 56.2 Å². The predicted octanol–water partition coefficient (Wildman–Crippen LogP) is 2.01. The van der Waals surface area contributed by atoms with Crippen molar-refractivity contribution in [1.29, 1.82) is 0 Å². The van der Waals surface area contributed by atoms with Crippen LogP contribution < -0.4 is 10.6 Å². The van der Waals surface area contributed by atoms with Gasteiger partial charge in [0.1, 0.15) is 22.8 Å². The number of hydrogen-bond acceptors (Lipinski definition) is 15. The fourth-order valence-electron chi connectivity index (χ4n) is 5.73. The van der Waals surface area contributed by atoms with Crippen LogP contribution in [-0.2, 0) is 57.2 Å². The maximum Gasteiger partial charge on any atom is 0.323 e. The van der Waals surface area contributed by atoms with Gasteiger partial charge in [0.25, 0.3) is 0 Å². The summed E-state index contributed by atoms with van der Waals surface area (Å²) in [6.07, 6.45) is 1.26. The molecule has 2 amide bonds. The van der Waals surface area contributed by atoms with Crippen molar-refractivity contribution in [2.75, 3.05) is 105 Å². The van der Waals surface area contributed by atoms with Gasteiger partial charge in [0.2, 0.25) is 11.8 Å². The molecule has 1 saturated heterocycles. The lowest BCUT2D eigenvalue weighted by atomic mass is 10.1. The quantitative estimate of drug-likeness (QED) is 0.0646. The molecule has 0 radical (unpaired) electrons. The summed E-state index contributed by atoms with van der Waals surface area (Å²) in [5, 5.41) is 14.2. The minimum Gasteiger partial charge on any atom is -0.481 e. The van der Waals surface area contributed by atoms with E-state index in [1.165, 1.54) is 0 Å². The summed E-state index contributed by atoms with van der Waals surface area (Å²) >= 11 is 0. The van der Waals surface area contributed by atoms with E-state index in [0.29, 0.717) is 105 Å². The van der Waals surface area contributed by atoms with E-state index in [9.17, 15) is 28.8 Å². The second-order valence-corrected chi connectivity index (χ2v) is 17.5. The fraction of sp³-hybridized carbons (Fsp3) is 0.854. The number of nitrogens with one attached hydrogen (secondary N) is 2. The molecule has 1 aliphatic rings. The Hall–Kier alpha value is -3.42. The number of hydrogen-bond donors (Lipinski definition) is 3. The standard InChI is InChI=1S/C41H75N5O13/c1-39(2,3)57-36(51)30-44-18-19-45(31-37(52)58-40(4,5)6)21-23-46(22-20-44)32(38(53)59-41(7,8)9)12-13-33(47)42-16-10-24-54-26-28-56-29-27-55-25-11-17-43-34(48)14-15-35(49)50/h32H,10-31H2,1-9H3,(H,42,47)(H,43,48)(H,49,50). The minimum absolute atomic E-state index is 0.0403. The number of carboxylic acids is 1. The first kappa shape index (κ1) is 53.6. The zero-order valence-electron chi connectivity index (χ0n) is 37.3. The number of carbonyl (C=O) groups excluding carboxylic acids is 5. The molecule has 3 N–H and O–H groups in total. The zero-order valence-corrected chi connectivity index (χ0v) is 37.3. The summed E-state index contributed by atoms with van der Waals surface area (Å²) in [7, 11) is 0. The molecule has 59 heavy (non-hydrogen) atoms. The summed E-state index contributed by atoms with van der Waals surface area (Å²) in [4.78, 5) is 80.2. The van der Waals surface area contributed by atoms with E-state index in [0.717, 1.165) is 0 Å². The van der Waals surface area contributed by atoms with Crippen LogP contribution in [0.1, 0.15) is 101 Å². The van der Waals surface area contributed by atoms with Crippen LogP contribution in [0.25, 0.3) is 0 Å². The second-order valence-electron chi connectivity index (χ2n) is 17.5. The minimum atomic E-state index is -1.00. The molecule has 342 valence electrons. The van der Waals surface area contributed by atoms with Crippen LogP contribution in [0.15, 0.2) is 0 Å². The van der Waals surface area contributed by atoms with Gasteiger partial charge in [-0.05, 0) is 81.6 Å². The maximum absolute atomic E-state index is 13.7. The Morgan fingerprint density at radius 3 is 1.34 bits per heavy atom. The van der Waals surface area contributed by atoms with E-state index in [-0.39, 0.29) is 62.5 Å². The smallest absolute Gasteiger partial charge is 0.323 e. The largest absolute Gasteiger partial charge is 0.481 e. The molecule has 0 spiro atoms. The molecular formula is C41H75N5O13. The molecule has 1 rings (SSSR count). The van der Waals surface area contributed by atoms with E-state index in [2.05, 4.69) is 10.6 Å². The molecule has 18 nitrogen and oxygen atoms in total. The highest BCUT2D eigenvalue weighted by atomic mass is 16.6. The lowest BCUT2D eigenvalue weighted by molar-refractivity contribution is -0.163. The number of carboxylic acid groups (broad SMARTS) is 1.